The largest absolute Gasteiger partial charge is 0.466 e. The zero-order valence-electron chi connectivity index (χ0n) is 10.6. The molecule has 0 amide bonds. The van der Waals surface area contributed by atoms with Crippen molar-refractivity contribution < 1.29 is 9.66 Å². The molecule has 9 heteroatoms. The van der Waals surface area contributed by atoms with Crippen LogP contribution in [0.25, 0.3) is 5.78 Å². The summed E-state index contributed by atoms with van der Waals surface area (Å²) < 4.78 is 5.96. The van der Waals surface area contributed by atoms with Gasteiger partial charge in [0.2, 0.25) is 5.15 Å². The molecule has 0 spiro atoms. The van der Waals surface area contributed by atoms with Gasteiger partial charge < -0.3 is 4.74 Å². The van der Waals surface area contributed by atoms with Crippen LogP contribution in [0.2, 0.25) is 5.15 Å². The van der Waals surface area contributed by atoms with Gasteiger partial charge in [-0.3, -0.25) is 10.1 Å². The highest BCUT2D eigenvalue weighted by molar-refractivity contribution is 6.31. The molecule has 0 aliphatic heterocycles. The number of ether oxygens (including phenoxy) is 1. The van der Waals surface area contributed by atoms with Gasteiger partial charge in [0.1, 0.15) is 5.69 Å². The van der Waals surface area contributed by atoms with E-state index in [0.29, 0.717) is 12.1 Å². The second kappa shape index (κ2) is 4.96. The van der Waals surface area contributed by atoms with E-state index in [0.717, 1.165) is 4.52 Å². The quantitative estimate of drug-likeness (QED) is 0.483. The monoisotopic (exact) mass is 285 g/mol. The molecule has 0 saturated heterocycles. The van der Waals surface area contributed by atoms with E-state index >= 15 is 0 Å². The third-order valence-electron chi connectivity index (χ3n) is 2.43. The fraction of sp³-hybridized carbons (Fsp3) is 0.500. The molecule has 0 saturated carbocycles. The summed E-state index contributed by atoms with van der Waals surface area (Å²) >= 11 is 6.02. The molecule has 0 aliphatic rings. The van der Waals surface area contributed by atoms with Crippen molar-refractivity contribution in [3.05, 3.63) is 21.0 Å². The minimum Gasteiger partial charge on any atom is -0.466 e. The third-order valence-corrected chi connectivity index (χ3v) is 2.77. The van der Waals surface area contributed by atoms with E-state index in [-0.39, 0.29) is 28.5 Å². The Morgan fingerprint density at radius 3 is 2.68 bits per heavy atom. The second-order valence-electron chi connectivity index (χ2n) is 4.36. The number of hydrogen-bond acceptors (Lipinski definition) is 6. The van der Waals surface area contributed by atoms with Crippen molar-refractivity contribution in [2.45, 2.75) is 20.3 Å². The predicted octanol–water partition coefficient (Wildman–Crippen LogP) is 1.89. The summed E-state index contributed by atoms with van der Waals surface area (Å²) in [5.74, 6) is 0.387. The van der Waals surface area contributed by atoms with Crippen LogP contribution >= 0.6 is 11.6 Å². The number of hydrogen-bond donors (Lipinski definition) is 0. The van der Waals surface area contributed by atoms with Crippen molar-refractivity contribution in [3.63, 3.8) is 0 Å². The number of fused-ring (bicyclic) bond motifs is 1. The predicted molar refractivity (Wildman–Crippen MR) is 67.5 cm³/mol. The number of halogens is 1. The molecule has 2 heterocycles. The molecular formula is C10H12ClN5O3. The molecule has 19 heavy (non-hydrogen) atoms. The topological polar surface area (TPSA) is 95.5 Å². The van der Waals surface area contributed by atoms with E-state index in [1.54, 1.807) is 0 Å². The standard InChI is InChI=1S/C10H12ClN5O3/c1-5(2)4-6-7(16(17)18)8(11)15-9(12-6)13-10(14-15)19-3/h5H,4H2,1-3H3. The number of nitrogens with zero attached hydrogens (tertiary/aromatic N) is 5. The molecule has 0 N–H and O–H groups in total. The van der Waals surface area contributed by atoms with Crippen LogP contribution in [-0.4, -0.2) is 31.6 Å². The lowest BCUT2D eigenvalue weighted by Crippen LogP contribution is -2.07. The van der Waals surface area contributed by atoms with Crippen LogP contribution in [-0.2, 0) is 6.42 Å². The molecule has 8 nitrogen and oxygen atoms in total. The van der Waals surface area contributed by atoms with Gasteiger partial charge in [-0.25, -0.2) is 4.98 Å². The van der Waals surface area contributed by atoms with Gasteiger partial charge in [-0.2, -0.15) is 9.50 Å². The maximum absolute atomic E-state index is 11.1. The minimum atomic E-state index is -0.555. The lowest BCUT2D eigenvalue weighted by atomic mass is 10.1. The average molecular weight is 286 g/mol. The van der Waals surface area contributed by atoms with Crippen molar-refractivity contribution in [2.75, 3.05) is 7.11 Å². The highest BCUT2D eigenvalue weighted by Crippen LogP contribution is 2.29. The maximum atomic E-state index is 11.1. The molecule has 2 aromatic heterocycles. The molecule has 2 rings (SSSR count). The summed E-state index contributed by atoms with van der Waals surface area (Å²) in [6.07, 6.45) is 0.432. The smallest absolute Gasteiger partial charge is 0.337 e. The van der Waals surface area contributed by atoms with Gasteiger partial charge in [0.25, 0.3) is 5.78 Å². The number of aromatic nitrogens is 4. The van der Waals surface area contributed by atoms with E-state index in [9.17, 15) is 10.1 Å². The number of rotatable bonds is 4. The maximum Gasteiger partial charge on any atom is 0.337 e. The lowest BCUT2D eigenvalue weighted by molar-refractivity contribution is -0.386. The molecule has 0 unspecified atom stereocenters. The molecule has 2 aromatic rings. The Hall–Kier alpha value is -1.96. The molecule has 102 valence electrons. The number of methoxy groups -OCH3 is 1. The Bertz CT molecular complexity index is 640. The van der Waals surface area contributed by atoms with Crippen LogP contribution in [0.4, 0.5) is 5.69 Å². The first-order valence-electron chi connectivity index (χ1n) is 5.57. The Balaban J connectivity index is 2.71. The van der Waals surface area contributed by atoms with Crippen molar-refractivity contribution >= 4 is 23.1 Å². The van der Waals surface area contributed by atoms with Crippen molar-refractivity contribution in [3.8, 4) is 6.01 Å². The van der Waals surface area contributed by atoms with Crippen molar-refractivity contribution in [2.24, 2.45) is 5.92 Å². The summed E-state index contributed by atoms with van der Waals surface area (Å²) in [6, 6.07) is 0.0606. The highest BCUT2D eigenvalue weighted by atomic mass is 35.5. The zero-order chi connectivity index (χ0) is 14.2. The minimum absolute atomic E-state index is 0.0606. The average Bonchev–Trinajstić information content (AvgIpc) is 2.71. The normalized spacial score (nSPS) is 11.2. The van der Waals surface area contributed by atoms with Gasteiger partial charge in [-0.15, -0.1) is 5.10 Å². The number of nitro groups is 1. The van der Waals surface area contributed by atoms with Crippen LogP contribution in [0.15, 0.2) is 0 Å². The van der Waals surface area contributed by atoms with E-state index < -0.39 is 4.92 Å². The van der Waals surface area contributed by atoms with Gasteiger partial charge in [-0.1, -0.05) is 25.4 Å². The molecule has 0 radical (unpaired) electrons. The van der Waals surface area contributed by atoms with E-state index in [1.165, 1.54) is 7.11 Å². The van der Waals surface area contributed by atoms with Crippen LogP contribution in [0.1, 0.15) is 19.5 Å². The van der Waals surface area contributed by atoms with E-state index in [4.69, 9.17) is 16.3 Å². The highest BCUT2D eigenvalue weighted by Gasteiger charge is 2.26. The van der Waals surface area contributed by atoms with Gasteiger partial charge in [0, 0.05) is 0 Å². The van der Waals surface area contributed by atoms with E-state index in [2.05, 4.69) is 15.1 Å². The fourth-order valence-corrected chi connectivity index (χ4v) is 1.97. The summed E-state index contributed by atoms with van der Waals surface area (Å²) in [7, 11) is 1.39. The van der Waals surface area contributed by atoms with Crippen LogP contribution in [0.3, 0.4) is 0 Å². The second-order valence-corrected chi connectivity index (χ2v) is 4.72. The SMILES string of the molecule is COc1nc2nc(CC(C)C)c([N+](=O)[O-])c(Cl)n2n1. The molecule has 0 aromatic carbocycles. The van der Waals surface area contributed by atoms with Crippen LogP contribution in [0, 0.1) is 16.0 Å². The summed E-state index contributed by atoms with van der Waals surface area (Å²) in [6.45, 7) is 3.88. The van der Waals surface area contributed by atoms with Gasteiger partial charge in [0.15, 0.2) is 0 Å². The lowest BCUT2D eigenvalue weighted by Gasteiger charge is -2.06. The Morgan fingerprint density at radius 1 is 1.47 bits per heavy atom. The zero-order valence-corrected chi connectivity index (χ0v) is 11.4. The molecule has 0 fully saturated rings. The van der Waals surface area contributed by atoms with Crippen molar-refractivity contribution in [1.82, 2.24) is 19.6 Å². The summed E-state index contributed by atoms with van der Waals surface area (Å²) in [5.41, 5.74) is 0.0583. The van der Waals surface area contributed by atoms with E-state index in [1.807, 2.05) is 13.8 Å². The molecule has 0 bridgehead atoms. The molecule has 0 aliphatic carbocycles. The first-order valence-corrected chi connectivity index (χ1v) is 5.95. The van der Waals surface area contributed by atoms with Crippen LogP contribution in [0.5, 0.6) is 6.01 Å². The third kappa shape index (κ3) is 2.43. The Morgan fingerprint density at radius 2 is 2.16 bits per heavy atom. The Labute approximate surface area is 113 Å². The van der Waals surface area contributed by atoms with Gasteiger partial charge >= 0.3 is 11.7 Å². The van der Waals surface area contributed by atoms with Crippen molar-refractivity contribution in [1.29, 1.82) is 0 Å². The molecule has 0 atom stereocenters. The molecular weight excluding hydrogens is 274 g/mol. The van der Waals surface area contributed by atoms with Gasteiger partial charge in [0.05, 0.1) is 12.0 Å². The summed E-state index contributed by atoms with van der Waals surface area (Å²) in [4.78, 5) is 18.7. The fourth-order valence-electron chi connectivity index (χ4n) is 1.68. The Kier molecular flexibility index (Phi) is 3.52. The summed E-state index contributed by atoms with van der Waals surface area (Å²) in [5, 5.41) is 14.9. The van der Waals surface area contributed by atoms with Crippen LogP contribution < -0.4 is 4.74 Å². The first kappa shape index (κ1) is 13.5. The van der Waals surface area contributed by atoms with Gasteiger partial charge in [-0.05, 0) is 12.3 Å². The first-order chi connectivity index (χ1) is 8.93.